The molecule has 0 saturated heterocycles. The molecule has 0 atom stereocenters. The van der Waals surface area contributed by atoms with Crippen LogP contribution in [0.5, 0.6) is 0 Å². The molecule has 0 spiro atoms. The van der Waals surface area contributed by atoms with E-state index in [-0.39, 0.29) is 27.3 Å². The Bertz CT molecular complexity index is 674. The first-order valence-corrected chi connectivity index (χ1v) is 6.05. The molecule has 6 nitrogen and oxygen atoms in total. The van der Waals surface area contributed by atoms with E-state index in [1.165, 1.54) is 24.3 Å². The Kier molecular flexibility index (Phi) is 4.16. The molecule has 0 aliphatic heterocycles. The highest BCUT2D eigenvalue weighted by Crippen LogP contribution is 2.18. The zero-order valence-corrected chi connectivity index (χ0v) is 11.3. The lowest BCUT2D eigenvalue weighted by molar-refractivity contribution is 0.0696. The molecule has 0 unspecified atom stereocenters. The molecule has 8 heteroatoms. The van der Waals surface area contributed by atoms with E-state index in [1.54, 1.807) is 0 Å². The number of carbonyl (C=O) groups is 2. The fourth-order valence-electron chi connectivity index (χ4n) is 1.35. The Morgan fingerprint density at radius 1 is 1.15 bits per heavy atom. The van der Waals surface area contributed by atoms with Gasteiger partial charge in [-0.15, -0.1) is 0 Å². The number of hydrogen-bond acceptors (Lipinski definition) is 4. The summed E-state index contributed by atoms with van der Waals surface area (Å²) < 4.78 is 0. The Hall–Kier alpha value is -2.18. The van der Waals surface area contributed by atoms with Crippen LogP contribution in [-0.4, -0.2) is 27.0 Å². The Labute approximate surface area is 123 Å². The summed E-state index contributed by atoms with van der Waals surface area (Å²) in [6.07, 6.45) is 1.13. The maximum absolute atomic E-state index is 11.9. The van der Waals surface area contributed by atoms with Crippen LogP contribution in [-0.2, 0) is 0 Å². The second-order valence-corrected chi connectivity index (χ2v) is 4.45. The van der Waals surface area contributed by atoms with Crippen LogP contribution in [0, 0.1) is 0 Å². The number of hydrogen-bond donors (Lipinski definition) is 2. The highest BCUT2D eigenvalue weighted by Gasteiger charge is 2.14. The van der Waals surface area contributed by atoms with Crippen molar-refractivity contribution in [2.75, 3.05) is 5.32 Å². The summed E-state index contributed by atoms with van der Waals surface area (Å²) in [5.41, 5.74) is -0.0230. The van der Waals surface area contributed by atoms with Gasteiger partial charge in [0.1, 0.15) is 16.7 Å². The summed E-state index contributed by atoms with van der Waals surface area (Å²) in [5, 5.41) is 11.5. The molecule has 2 aromatic heterocycles. The van der Waals surface area contributed by atoms with Crippen LogP contribution in [0.1, 0.15) is 20.8 Å². The van der Waals surface area contributed by atoms with Gasteiger partial charge in [-0.1, -0.05) is 23.2 Å². The summed E-state index contributed by atoms with van der Waals surface area (Å²) in [5.74, 6) is -1.51. The summed E-state index contributed by atoms with van der Waals surface area (Å²) in [7, 11) is 0. The number of pyridine rings is 2. The highest BCUT2D eigenvalue weighted by atomic mass is 35.5. The van der Waals surface area contributed by atoms with Crippen LogP contribution in [0.4, 0.5) is 5.82 Å². The number of carbonyl (C=O) groups excluding carboxylic acids is 1. The number of carboxylic acids is 1. The lowest BCUT2D eigenvalue weighted by Gasteiger charge is -2.05. The number of halogens is 2. The Morgan fingerprint density at radius 2 is 1.90 bits per heavy atom. The van der Waals surface area contributed by atoms with Crippen LogP contribution in [0.3, 0.4) is 0 Å². The molecule has 0 aliphatic rings. The predicted molar refractivity (Wildman–Crippen MR) is 73.4 cm³/mol. The maximum atomic E-state index is 11.9. The quantitative estimate of drug-likeness (QED) is 0.850. The summed E-state index contributed by atoms with van der Waals surface area (Å²) in [6, 6.07) is 5.59. The second kappa shape index (κ2) is 5.85. The third-order valence-corrected chi connectivity index (χ3v) is 2.79. The van der Waals surface area contributed by atoms with E-state index < -0.39 is 11.9 Å². The average molecular weight is 312 g/mol. The van der Waals surface area contributed by atoms with E-state index in [0.29, 0.717) is 0 Å². The monoisotopic (exact) mass is 311 g/mol. The third-order valence-electron chi connectivity index (χ3n) is 2.28. The van der Waals surface area contributed by atoms with Crippen LogP contribution < -0.4 is 5.32 Å². The first kappa shape index (κ1) is 14.2. The van der Waals surface area contributed by atoms with Gasteiger partial charge in [-0.2, -0.15) is 0 Å². The van der Waals surface area contributed by atoms with Gasteiger partial charge in [0.25, 0.3) is 5.91 Å². The van der Waals surface area contributed by atoms with E-state index >= 15 is 0 Å². The molecule has 1 amide bonds. The number of carboxylic acid groups (broad SMARTS) is 1. The minimum atomic E-state index is -1.10. The fourth-order valence-corrected chi connectivity index (χ4v) is 1.69. The first-order valence-electron chi connectivity index (χ1n) is 5.30. The molecule has 0 radical (unpaired) electrons. The standard InChI is InChI=1S/C12H7Cl2N3O3/c13-7-2-3-8(14)16-10(7)11(18)17-9-4-1-6(5-15-9)12(19)20/h1-5H,(H,19,20)(H,15,17,18). The minimum Gasteiger partial charge on any atom is -0.478 e. The molecule has 2 aromatic rings. The van der Waals surface area contributed by atoms with Crippen molar-refractivity contribution in [2.24, 2.45) is 0 Å². The van der Waals surface area contributed by atoms with Crippen LogP contribution in [0.25, 0.3) is 0 Å². The third kappa shape index (κ3) is 3.23. The minimum absolute atomic E-state index is 0.0157. The van der Waals surface area contributed by atoms with E-state index in [4.69, 9.17) is 28.3 Å². The molecule has 0 aromatic carbocycles. The topological polar surface area (TPSA) is 92.2 Å². The summed E-state index contributed by atoms with van der Waals surface area (Å²) in [4.78, 5) is 30.2. The number of nitrogens with zero attached hydrogens (tertiary/aromatic N) is 2. The van der Waals surface area contributed by atoms with E-state index in [0.717, 1.165) is 6.20 Å². The van der Waals surface area contributed by atoms with E-state index in [2.05, 4.69) is 15.3 Å². The SMILES string of the molecule is O=C(O)c1ccc(NC(=O)c2nc(Cl)ccc2Cl)nc1. The van der Waals surface area contributed by atoms with Crippen molar-refractivity contribution < 1.29 is 14.7 Å². The van der Waals surface area contributed by atoms with Gasteiger partial charge in [0, 0.05) is 6.20 Å². The van der Waals surface area contributed by atoms with Gasteiger partial charge in [0.15, 0.2) is 0 Å². The largest absolute Gasteiger partial charge is 0.478 e. The molecule has 20 heavy (non-hydrogen) atoms. The number of anilines is 1. The van der Waals surface area contributed by atoms with E-state index in [9.17, 15) is 9.59 Å². The molecule has 0 aliphatic carbocycles. The van der Waals surface area contributed by atoms with Gasteiger partial charge < -0.3 is 10.4 Å². The first-order chi connectivity index (χ1) is 9.47. The lowest BCUT2D eigenvalue weighted by Crippen LogP contribution is -2.15. The second-order valence-electron chi connectivity index (χ2n) is 3.66. The van der Waals surface area contributed by atoms with Crippen LogP contribution in [0.2, 0.25) is 10.2 Å². The smallest absolute Gasteiger partial charge is 0.337 e. The number of aromatic nitrogens is 2. The predicted octanol–water partition coefficient (Wildman–Crippen LogP) is 2.73. The molecular weight excluding hydrogens is 305 g/mol. The summed E-state index contributed by atoms with van der Waals surface area (Å²) >= 11 is 11.5. The van der Waals surface area contributed by atoms with Crippen molar-refractivity contribution in [3.05, 3.63) is 51.9 Å². The van der Waals surface area contributed by atoms with Gasteiger partial charge in [-0.25, -0.2) is 14.8 Å². The van der Waals surface area contributed by atoms with Crippen molar-refractivity contribution in [2.45, 2.75) is 0 Å². The Morgan fingerprint density at radius 3 is 2.50 bits per heavy atom. The van der Waals surface area contributed by atoms with Gasteiger partial charge >= 0.3 is 5.97 Å². The van der Waals surface area contributed by atoms with E-state index in [1.807, 2.05) is 0 Å². The number of rotatable bonds is 3. The molecule has 2 heterocycles. The lowest BCUT2D eigenvalue weighted by atomic mass is 10.3. The van der Waals surface area contributed by atoms with Gasteiger partial charge in [0.05, 0.1) is 10.6 Å². The molecule has 2 rings (SSSR count). The van der Waals surface area contributed by atoms with Crippen molar-refractivity contribution in [3.8, 4) is 0 Å². The van der Waals surface area contributed by atoms with Crippen LogP contribution >= 0.6 is 23.2 Å². The van der Waals surface area contributed by atoms with Crippen molar-refractivity contribution >= 4 is 40.9 Å². The maximum Gasteiger partial charge on any atom is 0.337 e. The molecule has 0 fully saturated rings. The summed E-state index contributed by atoms with van der Waals surface area (Å²) in [6.45, 7) is 0. The van der Waals surface area contributed by atoms with Crippen molar-refractivity contribution in [1.82, 2.24) is 9.97 Å². The normalized spacial score (nSPS) is 10.1. The number of nitrogens with one attached hydrogen (secondary N) is 1. The number of amides is 1. The average Bonchev–Trinajstić information content (AvgIpc) is 2.42. The zero-order chi connectivity index (χ0) is 14.7. The fraction of sp³-hybridized carbons (Fsp3) is 0. The molecular formula is C12H7Cl2N3O3. The van der Waals surface area contributed by atoms with Gasteiger partial charge in [-0.3, -0.25) is 4.79 Å². The van der Waals surface area contributed by atoms with Crippen molar-refractivity contribution in [1.29, 1.82) is 0 Å². The zero-order valence-electron chi connectivity index (χ0n) is 9.80. The van der Waals surface area contributed by atoms with Crippen molar-refractivity contribution in [3.63, 3.8) is 0 Å². The molecule has 0 saturated carbocycles. The molecule has 102 valence electrons. The Balaban J connectivity index is 2.19. The molecule has 0 bridgehead atoms. The van der Waals surface area contributed by atoms with Gasteiger partial charge in [0.2, 0.25) is 0 Å². The van der Waals surface area contributed by atoms with Gasteiger partial charge in [-0.05, 0) is 24.3 Å². The molecule has 2 N–H and O–H groups in total. The van der Waals surface area contributed by atoms with Crippen LogP contribution in [0.15, 0.2) is 30.5 Å². The highest BCUT2D eigenvalue weighted by molar-refractivity contribution is 6.35. The number of aromatic carboxylic acids is 1.